The average Bonchev–Trinajstić information content (AvgIpc) is 0.722. The summed E-state index contributed by atoms with van der Waals surface area (Å²) >= 11 is 0. The van der Waals surface area contributed by atoms with E-state index in [4.69, 9.17) is 18.6 Å². The Morgan fingerprint density at radius 1 is 1.14 bits per heavy atom. The van der Waals surface area contributed by atoms with E-state index in [1.165, 1.54) is 0 Å². The normalized spacial score (nSPS) is 8.57. The van der Waals surface area contributed by atoms with Gasteiger partial charge in [0.1, 0.15) is 0 Å². The molecule has 0 aromatic carbocycles. The maximum absolute atomic E-state index is 8.60. The average molecular weight is 226 g/mol. The van der Waals surface area contributed by atoms with Gasteiger partial charge in [-0.15, -0.1) is 0 Å². The first-order valence-electron chi connectivity index (χ1n) is 0.632. The van der Waals surface area contributed by atoms with Gasteiger partial charge >= 0.3 is 22.4 Å². The van der Waals surface area contributed by atoms with Crippen LogP contribution in [-0.2, 0) is 22.4 Å². The predicted molar refractivity (Wildman–Crippen MR) is 5.83 cm³/mol. The van der Waals surface area contributed by atoms with Gasteiger partial charge in [-0.2, -0.15) is 14.0 Å². The van der Waals surface area contributed by atoms with Gasteiger partial charge in [-0.25, -0.2) is 0 Å². The molecule has 0 spiro atoms. The van der Waals surface area contributed by atoms with Crippen LogP contribution in [0.25, 0.3) is 0 Å². The molecule has 0 bridgehead atoms. The fourth-order valence-electron chi connectivity index (χ4n) is 0. The van der Waals surface area contributed by atoms with Crippen LogP contribution in [0.3, 0.4) is 0 Å². The molecule has 0 saturated carbocycles. The van der Waals surface area contributed by atoms with Gasteiger partial charge in [-0.3, -0.25) is 0 Å². The van der Waals surface area contributed by atoms with Gasteiger partial charge in [0.2, 0.25) is 0 Å². The van der Waals surface area contributed by atoms with Crippen LogP contribution in [-0.4, -0.2) is 10.1 Å². The molecule has 0 aliphatic carbocycles. The third-order valence-electron chi connectivity index (χ3n) is 0. The van der Waals surface area contributed by atoms with Crippen molar-refractivity contribution >= 4 is 0 Å². The second kappa shape index (κ2) is 4.98. The summed E-state index contributed by atoms with van der Waals surface area (Å²) < 4.78 is 32.7. The van der Waals surface area contributed by atoms with E-state index in [2.05, 4.69) is 0 Å². The summed E-state index contributed by atoms with van der Waals surface area (Å²) in [6.45, 7) is 0. The molecule has 0 fully saturated rings. The monoisotopic (exact) mass is 225 g/mol. The molecule has 0 rings (SSSR count). The van der Waals surface area contributed by atoms with E-state index in [9.17, 15) is 0 Å². The maximum Gasteiger partial charge on any atom is 1.00 e. The zero-order valence-electron chi connectivity index (χ0n) is 2.85. The van der Waals surface area contributed by atoms with Crippen molar-refractivity contribution in [3.8, 4) is 0 Å². The van der Waals surface area contributed by atoms with E-state index in [-0.39, 0.29) is 27.9 Å². The number of hydrogen-bond acceptors (Lipinski definition) is 4. The van der Waals surface area contributed by atoms with Crippen LogP contribution in [0, 0.1) is 10.2 Å². The van der Waals surface area contributed by atoms with Crippen LogP contribution >= 0.6 is 0 Å². The van der Waals surface area contributed by atoms with Crippen molar-refractivity contribution in [2.45, 2.75) is 0 Å². The van der Waals surface area contributed by atoms with Crippen molar-refractivity contribution in [2.24, 2.45) is 0 Å². The Kier molecular flexibility index (Phi) is 11.1. The zero-order valence-corrected chi connectivity index (χ0v) is 5.09. The zero-order chi connectivity index (χ0) is 4.50. The molecule has 0 aliphatic rings. The van der Waals surface area contributed by atoms with Gasteiger partial charge in [0.05, 0.1) is 14.9 Å². The van der Waals surface area contributed by atoms with E-state index < -0.39 is 10.2 Å². The fourth-order valence-corrected chi connectivity index (χ4v) is 0. The van der Waals surface area contributed by atoms with E-state index in [0.29, 0.717) is 0 Å². The Labute approximate surface area is 57.1 Å². The van der Waals surface area contributed by atoms with Crippen molar-refractivity contribution in [1.82, 2.24) is 0 Å². The minimum absolute atomic E-state index is 0. The molecule has 3 N–H and O–H groups in total. The number of halogens is 1. The van der Waals surface area contributed by atoms with Crippen LogP contribution in [0.1, 0.15) is 0 Å². The molecule has 50 valence electrons. The smallest absolute Gasteiger partial charge is 0.412 e. The third-order valence-corrected chi connectivity index (χ3v) is 0. The first-order valence-corrected chi connectivity index (χ1v) is 1.90. The Hall–Kier alpha value is 0.830. The van der Waals surface area contributed by atoms with Gasteiger partial charge in [-0.1, -0.05) is 0 Å². The Balaban J connectivity index is -0.0000000800. The molecular weight excluding hydrogens is 223 g/mol. The van der Waals surface area contributed by atoms with Crippen molar-refractivity contribution in [3.63, 3.8) is 0 Å². The largest absolute Gasteiger partial charge is 1.00 e. The van der Waals surface area contributed by atoms with Crippen molar-refractivity contribution in [1.29, 1.82) is 0 Å². The minimum atomic E-state index is -4.69. The molecule has 0 aromatic rings. The van der Waals surface area contributed by atoms with Gasteiger partial charge in [-0.05, 0) is 0 Å². The molecule has 0 amide bonds. The first kappa shape index (κ1) is 15.7. The maximum atomic E-state index is 8.60. The van der Waals surface area contributed by atoms with E-state index in [1.807, 2.05) is 0 Å². The summed E-state index contributed by atoms with van der Waals surface area (Å²) in [5, 5.41) is 0. The van der Waals surface area contributed by atoms with Crippen LogP contribution < -0.4 is 14.0 Å². The Morgan fingerprint density at radius 2 is 1.14 bits per heavy atom. The van der Waals surface area contributed by atoms with Crippen LogP contribution in [0.5, 0.6) is 0 Å². The van der Waals surface area contributed by atoms with E-state index in [1.54, 1.807) is 0 Å². The fraction of sp³-hybridized carbons (Fsp3) is 0. The number of hydrogen-bond donors (Lipinski definition) is 1. The Bertz CT molecular complexity index is 23.6. The summed E-state index contributed by atoms with van der Waals surface area (Å²) in [5.74, 6) is 0. The molecule has 7 heavy (non-hydrogen) atoms. The summed E-state index contributed by atoms with van der Waals surface area (Å²) in [6, 6.07) is 0. The van der Waals surface area contributed by atoms with Gasteiger partial charge in [0, 0.05) is 0 Å². The topological polar surface area (TPSA) is 121 Å². The summed E-state index contributed by atoms with van der Waals surface area (Å²) in [5.41, 5.74) is 0. The van der Waals surface area contributed by atoms with Gasteiger partial charge in [0.25, 0.3) is 0 Å². The molecular formula is H3AgClO5+. The Morgan fingerprint density at radius 3 is 1.14 bits per heavy atom. The molecule has 0 aliphatic heterocycles. The molecule has 0 unspecified atom stereocenters. The van der Waals surface area contributed by atoms with E-state index in [0.717, 1.165) is 0 Å². The number of rotatable bonds is 0. The van der Waals surface area contributed by atoms with Crippen LogP contribution in [0.15, 0.2) is 0 Å². The van der Waals surface area contributed by atoms with Crippen molar-refractivity contribution < 1.29 is 56.7 Å². The van der Waals surface area contributed by atoms with Crippen LogP contribution in [0.2, 0.25) is 0 Å². The predicted octanol–water partition coefficient (Wildman–Crippen LogP) is -4.95. The first-order chi connectivity index (χ1) is 2.00. The second-order valence-electron chi connectivity index (χ2n) is 0.396. The summed E-state index contributed by atoms with van der Waals surface area (Å²) in [4.78, 5) is 0. The van der Waals surface area contributed by atoms with Gasteiger partial charge in [0.15, 0.2) is 0 Å². The molecule has 7 heteroatoms. The quantitative estimate of drug-likeness (QED) is 0.416. The summed E-state index contributed by atoms with van der Waals surface area (Å²) in [7, 11) is -4.69. The van der Waals surface area contributed by atoms with E-state index >= 15 is 0 Å². The molecule has 0 saturated heterocycles. The molecule has 0 aromatic heterocycles. The molecule has 5 nitrogen and oxygen atoms in total. The molecule has 0 heterocycles. The second-order valence-corrected chi connectivity index (χ2v) is 1.19. The van der Waals surface area contributed by atoms with Gasteiger partial charge < -0.3 is 5.48 Å². The van der Waals surface area contributed by atoms with Crippen molar-refractivity contribution in [2.75, 3.05) is 0 Å². The molecule has 0 radical (unpaired) electrons. The van der Waals surface area contributed by atoms with Crippen LogP contribution in [0.4, 0.5) is 0 Å². The minimum Gasteiger partial charge on any atom is -0.412 e. The summed E-state index contributed by atoms with van der Waals surface area (Å²) in [6.07, 6.45) is 0. The van der Waals surface area contributed by atoms with Crippen molar-refractivity contribution in [3.05, 3.63) is 0 Å². The standard InChI is InChI=1S/Ag.ClHO4.H2O/c;2-1(3,4)5;/h;(H,2,3,4,5);1H2/q+1;;. The third kappa shape index (κ3) is 231. The SMILES string of the molecule is O.[Ag+].[O-][Cl+3]([O-])([O-])O. The molecule has 0 atom stereocenters.